The predicted molar refractivity (Wildman–Crippen MR) is 83.2 cm³/mol. The van der Waals surface area contributed by atoms with Gasteiger partial charge >= 0.3 is 5.69 Å². The van der Waals surface area contributed by atoms with Crippen LogP contribution in [0.1, 0.15) is 25.3 Å². The maximum absolute atomic E-state index is 11.2. The van der Waals surface area contributed by atoms with Crippen molar-refractivity contribution in [1.29, 1.82) is 0 Å². The molecule has 0 atom stereocenters. The van der Waals surface area contributed by atoms with Gasteiger partial charge in [-0.1, -0.05) is 32.0 Å². The minimum absolute atomic E-state index is 0.0621. The summed E-state index contributed by atoms with van der Waals surface area (Å²) in [6.07, 6.45) is 0. The number of hydrogen-bond donors (Lipinski definition) is 1. The molecule has 0 amide bonds. The molecule has 0 spiro atoms. The number of nitro benzene ring substituents is 1. The lowest BCUT2D eigenvalue weighted by molar-refractivity contribution is -0.384. The average Bonchev–Trinajstić information content (AvgIpc) is 2.47. The highest BCUT2D eigenvalue weighted by Gasteiger charge is 2.20. The van der Waals surface area contributed by atoms with E-state index in [0.29, 0.717) is 17.4 Å². The van der Waals surface area contributed by atoms with Gasteiger partial charge in [0.25, 0.3) is 0 Å². The number of rotatable bonds is 5. The van der Waals surface area contributed by atoms with Crippen LogP contribution in [0, 0.1) is 10.1 Å². The van der Waals surface area contributed by atoms with Crippen LogP contribution in [-0.2, 0) is 0 Å². The molecule has 2 rings (SSSR count). The van der Waals surface area contributed by atoms with Gasteiger partial charge in [-0.3, -0.25) is 10.1 Å². The van der Waals surface area contributed by atoms with Gasteiger partial charge in [-0.15, -0.1) is 0 Å². The highest BCUT2D eigenvalue weighted by atomic mass is 16.6. The number of anilines is 1. The second-order valence-corrected chi connectivity index (χ2v) is 4.99. The van der Waals surface area contributed by atoms with E-state index in [-0.39, 0.29) is 11.4 Å². The molecule has 21 heavy (non-hydrogen) atoms. The Morgan fingerprint density at radius 1 is 1.14 bits per heavy atom. The quantitative estimate of drug-likeness (QED) is 0.646. The first-order valence-electron chi connectivity index (χ1n) is 6.76. The molecule has 0 aliphatic heterocycles. The van der Waals surface area contributed by atoms with E-state index in [1.54, 1.807) is 25.2 Å². The maximum atomic E-state index is 11.2. The van der Waals surface area contributed by atoms with Gasteiger partial charge in [0.05, 0.1) is 4.92 Å². The minimum Gasteiger partial charge on any atom is -0.450 e. The molecule has 0 fully saturated rings. The molecule has 0 saturated heterocycles. The van der Waals surface area contributed by atoms with Crippen molar-refractivity contribution < 1.29 is 9.66 Å². The number of nitrogens with zero attached hydrogens (tertiary/aromatic N) is 1. The number of para-hydroxylation sites is 1. The number of ether oxygens (including phenoxy) is 1. The first kappa shape index (κ1) is 14.8. The Hall–Kier alpha value is -2.56. The fourth-order valence-electron chi connectivity index (χ4n) is 2.04. The van der Waals surface area contributed by atoms with E-state index in [1.807, 2.05) is 24.3 Å². The normalized spacial score (nSPS) is 10.5. The number of nitro groups is 1. The van der Waals surface area contributed by atoms with Crippen LogP contribution >= 0.6 is 0 Å². The zero-order valence-electron chi connectivity index (χ0n) is 12.3. The van der Waals surface area contributed by atoms with E-state index >= 15 is 0 Å². The predicted octanol–water partition coefficient (Wildman–Crippen LogP) is 4.55. The Bertz CT molecular complexity index is 636. The van der Waals surface area contributed by atoms with Crippen molar-refractivity contribution in [2.45, 2.75) is 19.8 Å². The molecule has 0 radical (unpaired) electrons. The van der Waals surface area contributed by atoms with Crippen molar-refractivity contribution >= 4 is 11.4 Å². The Balaban J connectivity index is 2.33. The number of benzene rings is 2. The van der Waals surface area contributed by atoms with Crippen molar-refractivity contribution in [3.05, 3.63) is 58.1 Å². The highest BCUT2D eigenvalue weighted by molar-refractivity contribution is 5.68. The summed E-state index contributed by atoms with van der Waals surface area (Å²) in [7, 11) is 1.64. The molecule has 5 nitrogen and oxygen atoms in total. The highest BCUT2D eigenvalue weighted by Crippen LogP contribution is 2.37. The molecule has 0 aliphatic rings. The molecular formula is C16H18N2O3. The van der Waals surface area contributed by atoms with E-state index < -0.39 is 4.92 Å². The van der Waals surface area contributed by atoms with E-state index in [2.05, 4.69) is 19.2 Å². The van der Waals surface area contributed by atoms with E-state index in [1.165, 1.54) is 5.56 Å². The van der Waals surface area contributed by atoms with Crippen molar-refractivity contribution in [2.24, 2.45) is 0 Å². The molecule has 1 N–H and O–H groups in total. The van der Waals surface area contributed by atoms with Crippen molar-refractivity contribution in [3.63, 3.8) is 0 Å². The molecule has 110 valence electrons. The number of hydrogen-bond acceptors (Lipinski definition) is 4. The van der Waals surface area contributed by atoms with E-state index in [4.69, 9.17) is 4.74 Å². The van der Waals surface area contributed by atoms with Gasteiger partial charge in [0.2, 0.25) is 5.75 Å². The standard InChI is InChI=1S/C16H18N2O3/c1-11(2)12-7-9-13(10-8-12)21-15-6-4-5-14(17-3)16(15)18(19)20/h4-11,17H,1-3H3. The summed E-state index contributed by atoms with van der Waals surface area (Å²) in [4.78, 5) is 10.8. The van der Waals surface area contributed by atoms with Crippen LogP contribution in [-0.4, -0.2) is 12.0 Å². The fourth-order valence-corrected chi connectivity index (χ4v) is 2.04. The molecule has 2 aromatic carbocycles. The SMILES string of the molecule is CNc1cccc(Oc2ccc(C(C)C)cc2)c1[N+](=O)[O-]. The monoisotopic (exact) mass is 286 g/mol. The summed E-state index contributed by atoms with van der Waals surface area (Å²) in [6, 6.07) is 12.5. The summed E-state index contributed by atoms with van der Waals surface area (Å²) in [5.74, 6) is 1.24. The lowest BCUT2D eigenvalue weighted by Crippen LogP contribution is -1.99. The van der Waals surface area contributed by atoms with Crippen LogP contribution in [0.4, 0.5) is 11.4 Å². The van der Waals surface area contributed by atoms with Crippen LogP contribution in [0.25, 0.3) is 0 Å². The first-order valence-corrected chi connectivity index (χ1v) is 6.76. The van der Waals surface area contributed by atoms with Crippen molar-refractivity contribution in [1.82, 2.24) is 0 Å². The van der Waals surface area contributed by atoms with Gasteiger partial charge < -0.3 is 10.1 Å². The second-order valence-electron chi connectivity index (χ2n) is 4.99. The van der Waals surface area contributed by atoms with Crippen molar-refractivity contribution in [2.75, 3.05) is 12.4 Å². The van der Waals surface area contributed by atoms with Crippen molar-refractivity contribution in [3.8, 4) is 11.5 Å². The number of nitrogens with one attached hydrogen (secondary N) is 1. The molecule has 2 aromatic rings. The third-order valence-electron chi connectivity index (χ3n) is 3.23. The average molecular weight is 286 g/mol. The van der Waals surface area contributed by atoms with Gasteiger partial charge in [0.15, 0.2) is 0 Å². The van der Waals surface area contributed by atoms with Gasteiger partial charge in [0, 0.05) is 7.05 Å². The summed E-state index contributed by atoms with van der Waals surface area (Å²) >= 11 is 0. The van der Waals surface area contributed by atoms with E-state index in [0.717, 1.165) is 0 Å². The smallest absolute Gasteiger partial charge is 0.334 e. The minimum atomic E-state index is -0.441. The molecular weight excluding hydrogens is 268 g/mol. The Kier molecular flexibility index (Phi) is 4.42. The van der Waals surface area contributed by atoms with Crippen LogP contribution in [0.2, 0.25) is 0 Å². The Morgan fingerprint density at radius 3 is 2.33 bits per heavy atom. The van der Waals surface area contributed by atoms with E-state index in [9.17, 15) is 10.1 Å². The van der Waals surface area contributed by atoms with Gasteiger partial charge in [-0.2, -0.15) is 0 Å². The Labute approximate surface area is 123 Å². The zero-order valence-corrected chi connectivity index (χ0v) is 12.3. The molecule has 0 heterocycles. The molecule has 0 aromatic heterocycles. The van der Waals surface area contributed by atoms with Gasteiger partial charge in [0.1, 0.15) is 11.4 Å². The lowest BCUT2D eigenvalue weighted by atomic mass is 10.0. The maximum Gasteiger partial charge on any atom is 0.334 e. The third kappa shape index (κ3) is 3.31. The zero-order chi connectivity index (χ0) is 15.4. The molecule has 5 heteroatoms. The summed E-state index contributed by atoms with van der Waals surface area (Å²) in [6.45, 7) is 4.22. The summed E-state index contributed by atoms with van der Waals surface area (Å²) in [5.41, 5.74) is 1.56. The first-order chi connectivity index (χ1) is 10.0. The topological polar surface area (TPSA) is 64.4 Å². The molecule has 0 saturated carbocycles. The van der Waals surface area contributed by atoms with Crippen LogP contribution in [0.5, 0.6) is 11.5 Å². The summed E-state index contributed by atoms with van der Waals surface area (Å²) < 4.78 is 5.67. The van der Waals surface area contributed by atoms with Crippen LogP contribution in [0.15, 0.2) is 42.5 Å². The molecule has 0 aliphatic carbocycles. The lowest BCUT2D eigenvalue weighted by Gasteiger charge is -2.10. The van der Waals surface area contributed by atoms with Crippen LogP contribution < -0.4 is 10.1 Å². The third-order valence-corrected chi connectivity index (χ3v) is 3.23. The fraction of sp³-hybridized carbons (Fsp3) is 0.250. The molecule has 0 bridgehead atoms. The van der Waals surface area contributed by atoms with Crippen LogP contribution in [0.3, 0.4) is 0 Å². The molecule has 0 unspecified atom stereocenters. The van der Waals surface area contributed by atoms with Gasteiger partial charge in [-0.25, -0.2) is 0 Å². The summed E-state index contributed by atoms with van der Waals surface area (Å²) in [5, 5.41) is 14.0. The van der Waals surface area contributed by atoms with Gasteiger partial charge in [-0.05, 0) is 35.7 Å². The Morgan fingerprint density at radius 2 is 1.81 bits per heavy atom. The largest absolute Gasteiger partial charge is 0.450 e. The second kappa shape index (κ2) is 6.26.